The Kier molecular flexibility index (Phi) is 3.66. The third-order valence-electron chi connectivity index (χ3n) is 2.90. The van der Waals surface area contributed by atoms with E-state index in [-0.39, 0.29) is 29.4 Å². The Bertz CT molecular complexity index is 447. The maximum atomic E-state index is 11.7. The van der Waals surface area contributed by atoms with Crippen LogP contribution in [-0.2, 0) is 4.74 Å². The van der Waals surface area contributed by atoms with Gasteiger partial charge in [0.25, 0.3) is 5.91 Å². The summed E-state index contributed by atoms with van der Waals surface area (Å²) in [4.78, 5) is 22.3. The summed E-state index contributed by atoms with van der Waals surface area (Å²) in [6, 6.07) is 1.29. The maximum absolute atomic E-state index is 11.7. The van der Waals surface area contributed by atoms with Crippen LogP contribution >= 0.6 is 0 Å². The van der Waals surface area contributed by atoms with Crippen molar-refractivity contribution in [1.82, 2.24) is 5.32 Å². The van der Waals surface area contributed by atoms with Crippen molar-refractivity contribution < 1.29 is 23.8 Å². The lowest BCUT2D eigenvalue weighted by molar-refractivity contribution is -0.00885. The first-order chi connectivity index (χ1) is 8.60. The normalized spacial score (nSPS) is 22.3. The van der Waals surface area contributed by atoms with Gasteiger partial charge in [-0.2, -0.15) is 0 Å². The van der Waals surface area contributed by atoms with E-state index < -0.39 is 5.97 Å². The van der Waals surface area contributed by atoms with Crippen LogP contribution in [0.1, 0.15) is 40.7 Å². The second-order valence-electron chi connectivity index (χ2n) is 4.22. The molecule has 6 nitrogen and oxygen atoms in total. The second-order valence-corrected chi connectivity index (χ2v) is 4.22. The van der Waals surface area contributed by atoms with Gasteiger partial charge in [0.15, 0.2) is 5.76 Å². The van der Waals surface area contributed by atoms with Crippen molar-refractivity contribution in [3.63, 3.8) is 0 Å². The van der Waals surface area contributed by atoms with Gasteiger partial charge in [-0.15, -0.1) is 0 Å². The molecular weight excluding hydrogens is 238 g/mol. The lowest BCUT2D eigenvalue weighted by atomic mass is 9.89. The molecule has 1 heterocycles. The lowest BCUT2D eigenvalue weighted by Gasteiger charge is -2.35. The highest BCUT2D eigenvalue weighted by Crippen LogP contribution is 2.23. The summed E-state index contributed by atoms with van der Waals surface area (Å²) in [5, 5.41) is 11.5. The Balaban J connectivity index is 1.83. The van der Waals surface area contributed by atoms with Crippen LogP contribution in [0.5, 0.6) is 0 Å². The van der Waals surface area contributed by atoms with E-state index in [9.17, 15) is 9.59 Å². The van der Waals surface area contributed by atoms with Gasteiger partial charge in [-0.1, -0.05) is 0 Å². The van der Waals surface area contributed by atoms with Crippen molar-refractivity contribution in [3.8, 4) is 0 Å². The molecule has 2 rings (SSSR count). The molecule has 0 bridgehead atoms. The van der Waals surface area contributed by atoms with Crippen LogP contribution in [0.25, 0.3) is 0 Å². The van der Waals surface area contributed by atoms with E-state index in [4.69, 9.17) is 14.3 Å². The molecule has 1 aliphatic carbocycles. The van der Waals surface area contributed by atoms with E-state index in [2.05, 4.69) is 5.32 Å². The summed E-state index contributed by atoms with van der Waals surface area (Å²) >= 11 is 0. The molecule has 0 aliphatic heterocycles. The molecule has 0 atom stereocenters. The summed E-state index contributed by atoms with van der Waals surface area (Å²) in [6.45, 7) is 2.60. The largest absolute Gasteiger partial charge is 0.478 e. The van der Waals surface area contributed by atoms with Crippen molar-refractivity contribution in [2.45, 2.75) is 31.9 Å². The van der Waals surface area contributed by atoms with Crippen LogP contribution < -0.4 is 5.32 Å². The van der Waals surface area contributed by atoms with E-state index in [1.165, 1.54) is 6.07 Å². The number of carboxylic acid groups (broad SMARTS) is 1. The molecule has 0 unspecified atom stereocenters. The van der Waals surface area contributed by atoms with Gasteiger partial charge in [-0.25, -0.2) is 4.79 Å². The first kappa shape index (κ1) is 12.6. The number of ether oxygens (including phenoxy) is 1. The maximum Gasteiger partial charge on any atom is 0.338 e. The molecule has 1 saturated carbocycles. The average molecular weight is 253 g/mol. The molecule has 6 heteroatoms. The molecule has 1 amide bonds. The standard InChI is InChI=1S/C12H15NO5/c1-2-17-9-4-8(5-9)13-11(14)10-3-7(6-18-10)12(15)16/h3,6,8-9H,2,4-5H2,1H3,(H,13,14)(H,15,16). The predicted molar refractivity (Wildman–Crippen MR) is 61.6 cm³/mol. The van der Waals surface area contributed by atoms with Crippen LogP contribution in [0.2, 0.25) is 0 Å². The van der Waals surface area contributed by atoms with E-state index in [0.717, 1.165) is 19.1 Å². The van der Waals surface area contributed by atoms with Gasteiger partial charge < -0.3 is 19.6 Å². The zero-order valence-corrected chi connectivity index (χ0v) is 10.0. The minimum Gasteiger partial charge on any atom is -0.478 e. The highest BCUT2D eigenvalue weighted by molar-refractivity contribution is 5.95. The number of carbonyl (C=O) groups excluding carboxylic acids is 1. The highest BCUT2D eigenvalue weighted by atomic mass is 16.5. The van der Waals surface area contributed by atoms with Gasteiger partial charge in [-0.3, -0.25) is 4.79 Å². The molecule has 1 aromatic rings. The van der Waals surface area contributed by atoms with Gasteiger partial charge in [0.2, 0.25) is 0 Å². The molecule has 2 N–H and O–H groups in total. The Hall–Kier alpha value is -1.82. The number of rotatable bonds is 5. The molecule has 1 aromatic heterocycles. The summed E-state index contributed by atoms with van der Waals surface area (Å²) in [5.74, 6) is -1.48. The van der Waals surface area contributed by atoms with Crippen LogP contribution in [0.3, 0.4) is 0 Å². The van der Waals surface area contributed by atoms with Crippen LogP contribution in [0.4, 0.5) is 0 Å². The molecule has 0 radical (unpaired) electrons. The SMILES string of the molecule is CCOC1CC(NC(=O)c2cc(C(=O)O)co2)C1. The number of aromatic carboxylic acids is 1. The zero-order chi connectivity index (χ0) is 13.1. The average Bonchev–Trinajstić information content (AvgIpc) is 2.75. The predicted octanol–water partition coefficient (Wildman–Crippen LogP) is 1.28. The highest BCUT2D eigenvalue weighted by Gasteiger charge is 2.31. The number of hydrogen-bond donors (Lipinski definition) is 2. The number of carboxylic acids is 1. The minimum atomic E-state index is -1.11. The summed E-state index contributed by atoms with van der Waals surface area (Å²) < 4.78 is 10.3. The summed E-state index contributed by atoms with van der Waals surface area (Å²) in [6.07, 6.45) is 2.84. The molecule has 1 fully saturated rings. The van der Waals surface area contributed by atoms with E-state index in [0.29, 0.717) is 6.61 Å². The molecule has 0 spiro atoms. The lowest BCUT2D eigenvalue weighted by Crippen LogP contribution is -2.47. The fourth-order valence-electron chi connectivity index (χ4n) is 1.88. The van der Waals surface area contributed by atoms with Crippen LogP contribution in [0, 0.1) is 0 Å². The molecule has 0 aromatic carbocycles. The molecule has 18 heavy (non-hydrogen) atoms. The first-order valence-electron chi connectivity index (χ1n) is 5.84. The van der Waals surface area contributed by atoms with Gasteiger partial charge in [0.05, 0.1) is 11.7 Å². The second kappa shape index (κ2) is 5.22. The first-order valence-corrected chi connectivity index (χ1v) is 5.84. The van der Waals surface area contributed by atoms with Gasteiger partial charge in [0, 0.05) is 18.7 Å². The summed E-state index contributed by atoms with van der Waals surface area (Å²) in [5.41, 5.74) is -0.0269. The van der Waals surface area contributed by atoms with Crippen LogP contribution in [-0.4, -0.2) is 35.7 Å². The number of amides is 1. The zero-order valence-electron chi connectivity index (χ0n) is 10.0. The van der Waals surface area contributed by atoms with Crippen molar-refractivity contribution in [3.05, 3.63) is 23.7 Å². The Morgan fingerprint density at radius 2 is 2.28 bits per heavy atom. The molecular formula is C12H15NO5. The van der Waals surface area contributed by atoms with Gasteiger partial charge in [-0.05, 0) is 19.8 Å². The van der Waals surface area contributed by atoms with Gasteiger partial charge >= 0.3 is 5.97 Å². The van der Waals surface area contributed by atoms with E-state index >= 15 is 0 Å². The quantitative estimate of drug-likeness (QED) is 0.825. The molecule has 0 saturated heterocycles. The fourth-order valence-corrected chi connectivity index (χ4v) is 1.88. The number of carbonyl (C=O) groups is 2. The molecule has 98 valence electrons. The Morgan fingerprint density at radius 3 is 2.83 bits per heavy atom. The van der Waals surface area contributed by atoms with Crippen molar-refractivity contribution in [2.75, 3.05) is 6.61 Å². The third kappa shape index (κ3) is 2.70. The Morgan fingerprint density at radius 1 is 1.56 bits per heavy atom. The fraction of sp³-hybridized carbons (Fsp3) is 0.500. The number of nitrogens with one attached hydrogen (secondary N) is 1. The van der Waals surface area contributed by atoms with E-state index in [1.807, 2.05) is 6.92 Å². The monoisotopic (exact) mass is 253 g/mol. The van der Waals surface area contributed by atoms with Gasteiger partial charge in [0.1, 0.15) is 6.26 Å². The number of hydrogen-bond acceptors (Lipinski definition) is 4. The smallest absolute Gasteiger partial charge is 0.338 e. The number of furan rings is 1. The minimum absolute atomic E-state index is 0.0206. The summed E-state index contributed by atoms with van der Waals surface area (Å²) in [7, 11) is 0. The van der Waals surface area contributed by atoms with Crippen molar-refractivity contribution >= 4 is 11.9 Å². The van der Waals surface area contributed by atoms with Crippen LogP contribution in [0.15, 0.2) is 16.7 Å². The van der Waals surface area contributed by atoms with E-state index in [1.54, 1.807) is 0 Å². The van der Waals surface area contributed by atoms with Crippen molar-refractivity contribution in [1.29, 1.82) is 0 Å². The molecule has 1 aliphatic rings. The Labute approximate surface area is 104 Å². The third-order valence-corrected chi connectivity index (χ3v) is 2.90. The van der Waals surface area contributed by atoms with Crippen molar-refractivity contribution in [2.24, 2.45) is 0 Å². The topological polar surface area (TPSA) is 88.8 Å².